The maximum absolute atomic E-state index is 12.5. The minimum atomic E-state index is -0.376. The Bertz CT molecular complexity index is 932. The van der Waals surface area contributed by atoms with Crippen molar-refractivity contribution in [1.29, 1.82) is 0 Å². The van der Waals surface area contributed by atoms with Crippen LogP contribution >= 0.6 is 23.1 Å². The number of hydrogen-bond acceptors (Lipinski definition) is 5. The van der Waals surface area contributed by atoms with Gasteiger partial charge in [0.1, 0.15) is 5.56 Å². The number of nitrogens with zero attached hydrogens (tertiary/aromatic N) is 2. The molecule has 1 aromatic carbocycles. The Morgan fingerprint density at radius 2 is 2.04 bits per heavy atom. The van der Waals surface area contributed by atoms with Gasteiger partial charge in [0.15, 0.2) is 4.96 Å². The predicted octanol–water partition coefficient (Wildman–Crippen LogP) is 2.89. The third-order valence-electron chi connectivity index (χ3n) is 3.66. The number of rotatable bonds is 5. The lowest BCUT2D eigenvalue weighted by Gasteiger charge is -2.05. The van der Waals surface area contributed by atoms with Gasteiger partial charge in [-0.2, -0.15) is 0 Å². The van der Waals surface area contributed by atoms with Crippen LogP contribution in [0.2, 0.25) is 0 Å². The van der Waals surface area contributed by atoms with E-state index in [1.54, 1.807) is 11.8 Å². The zero-order chi connectivity index (χ0) is 17.1. The number of benzene rings is 1. The van der Waals surface area contributed by atoms with E-state index < -0.39 is 0 Å². The maximum Gasteiger partial charge on any atom is 0.271 e. The largest absolute Gasteiger partial charge is 0.351 e. The van der Waals surface area contributed by atoms with Gasteiger partial charge in [0, 0.05) is 34.0 Å². The summed E-state index contributed by atoms with van der Waals surface area (Å²) in [5.74, 6) is 0.363. The molecule has 0 aliphatic heterocycles. The van der Waals surface area contributed by atoms with Crippen molar-refractivity contribution in [3.8, 4) is 0 Å². The molecule has 3 rings (SSSR count). The van der Waals surface area contributed by atoms with Crippen molar-refractivity contribution in [2.75, 3.05) is 12.3 Å². The summed E-state index contributed by atoms with van der Waals surface area (Å²) in [5.41, 5.74) is 0.606. The first-order valence-electron chi connectivity index (χ1n) is 7.51. The topological polar surface area (TPSA) is 63.5 Å². The van der Waals surface area contributed by atoms with Crippen molar-refractivity contribution < 1.29 is 4.79 Å². The summed E-state index contributed by atoms with van der Waals surface area (Å²) in [4.78, 5) is 31.8. The highest BCUT2D eigenvalue weighted by molar-refractivity contribution is 7.99. The zero-order valence-corrected chi connectivity index (χ0v) is 15.0. The summed E-state index contributed by atoms with van der Waals surface area (Å²) < 4.78 is 1.51. The van der Waals surface area contributed by atoms with Crippen LogP contribution in [0, 0.1) is 13.8 Å². The summed E-state index contributed by atoms with van der Waals surface area (Å²) in [6.07, 6.45) is 1.37. The fraction of sp³-hybridized carbons (Fsp3) is 0.235. The molecule has 0 spiro atoms. The molecule has 2 heterocycles. The second-order valence-corrected chi connectivity index (χ2v) is 7.61. The molecule has 0 saturated carbocycles. The summed E-state index contributed by atoms with van der Waals surface area (Å²) >= 11 is 3.11. The number of fused-ring (bicyclic) bond motifs is 1. The molecular formula is C17H17N3O2S2. The Morgan fingerprint density at radius 3 is 2.79 bits per heavy atom. The van der Waals surface area contributed by atoms with Crippen LogP contribution in [0.25, 0.3) is 4.96 Å². The molecule has 1 amide bonds. The molecule has 24 heavy (non-hydrogen) atoms. The minimum absolute atomic E-state index is 0.0816. The lowest BCUT2D eigenvalue weighted by molar-refractivity contribution is 0.0954. The van der Waals surface area contributed by atoms with E-state index in [0.717, 1.165) is 21.2 Å². The summed E-state index contributed by atoms with van der Waals surface area (Å²) in [6, 6.07) is 9.98. The molecule has 1 N–H and O–H groups in total. The second-order valence-electron chi connectivity index (χ2n) is 5.26. The molecule has 0 saturated heterocycles. The molecule has 2 aromatic heterocycles. The number of carbonyl (C=O) groups is 1. The van der Waals surface area contributed by atoms with Crippen molar-refractivity contribution in [2.24, 2.45) is 0 Å². The van der Waals surface area contributed by atoms with Crippen LogP contribution in [-0.2, 0) is 0 Å². The van der Waals surface area contributed by atoms with Crippen LogP contribution in [0.15, 0.2) is 46.2 Å². The third-order valence-corrected chi connectivity index (χ3v) is 5.75. The Kier molecular flexibility index (Phi) is 5.01. The molecule has 0 aliphatic carbocycles. The van der Waals surface area contributed by atoms with Crippen LogP contribution in [0.5, 0.6) is 0 Å². The number of aromatic nitrogens is 2. The zero-order valence-electron chi connectivity index (χ0n) is 13.4. The number of thiazole rings is 1. The van der Waals surface area contributed by atoms with Gasteiger partial charge in [-0.1, -0.05) is 18.2 Å². The van der Waals surface area contributed by atoms with E-state index in [4.69, 9.17) is 0 Å². The van der Waals surface area contributed by atoms with Crippen molar-refractivity contribution in [2.45, 2.75) is 18.7 Å². The molecule has 0 fully saturated rings. The first-order valence-corrected chi connectivity index (χ1v) is 9.32. The fourth-order valence-electron chi connectivity index (χ4n) is 2.28. The number of carbonyl (C=O) groups excluding carboxylic acids is 1. The molecule has 0 bridgehead atoms. The van der Waals surface area contributed by atoms with Crippen molar-refractivity contribution in [1.82, 2.24) is 14.7 Å². The summed E-state index contributed by atoms with van der Waals surface area (Å²) in [6.45, 7) is 4.29. The molecule has 7 heteroatoms. The average molecular weight is 359 g/mol. The maximum atomic E-state index is 12.5. The molecule has 0 aliphatic rings. The van der Waals surface area contributed by atoms with Crippen molar-refractivity contribution >= 4 is 34.0 Å². The normalized spacial score (nSPS) is 10.9. The highest BCUT2D eigenvalue weighted by Crippen LogP contribution is 2.18. The summed E-state index contributed by atoms with van der Waals surface area (Å²) in [5, 5.41) is 2.79. The van der Waals surface area contributed by atoms with E-state index in [1.807, 2.05) is 44.2 Å². The Hall–Kier alpha value is -2.12. The van der Waals surface area contributed by atoms with Gasteiger partial charge < -0.3 is 5.32 Å². The quantitative estimate of drug-likeness (QED) is 0.562. The van der Waals surface area contributed by atoms with Crippen LogP contribution in [0.4, 0.5) is 0 Å². The summed E-state index contributed by atoms with van der Waals surface area (Å²) in [7, 11) is 0. The first kappa shape index (κ1) is 16.7. The average Bonchev–Trinajstić information content (AvgIpc) is 2.88. The van der Waals surface area contributed by atoms with Crippen LogP contribution in [0.1, 0.15) is 20.9 Å². The van der Waals surface area contributed by atoms with Gasteiger partial charge in [-0.15, -0.1) is 23.1 Å². The Balaban J connectivity index is 1.67. The lowest BCUT2D eigenvalue weighted by Crippen LogP contribution is -2.32. The van der Waals surface area contributed by atoms with Gasteiger partial charge in [-0.05, 0) is 26.0 Å². The molecule has 0 atom stereocenters. The highest BCUT2D eigenvalue weighted by atomic mass is 32.2. The molecule has 0 unspecified atom stereocenters. The lowest BCUT2D eigenvalue weighted by atomic mass is 10.3. The van der Waals surface area contributed by atoms with Gasteiger partial charge >= 0.3 is 0 Å². The van der Waals surface area contributed by atoms with E-state index in [2.05, 4.69) is 10.3 Å². The van der Waals surface area contributed by atoms with Crippen LogP contribution in [-0.4, -0.2) is 27.6 Å². The predicted molar refractivity (Wildman–Crippen MR) is 98.3 cm³/mol. The van der Waals surface area contributed by atoms with E-state index in [0.29, 0.717) is 11.5 Å². The van der Waals surface area contributed by atoms with Gasteiger partial charge in [-0.3, -0.25) is 14.0 Å². The van der Waals surface area contributed by atoms with E-state index in [9.17, 15) is 9.59 Å². The standard InChI is InChI=1S/C17H17N3O2S2/c1-11-12(2)24-17-19-10-14(16(22)20(11)17)15(21)18-8-9-23-13-6-4-3-5-7-13/h3-7,10H,8-9H2,1-2H3,(H,18,21). The molecular weight excluding hydrogens is 342 g/mol. The second kappa shape index (κ2) is 7.19. The fourth-order valence-corrected chi connectivity index (χ4v) is 4.00. The number of aryl methyl sites for hydroxylation is 2. The Morgan fingerprint density at radius 1 is 1.29 bits per heavy atom. The molecule has 3 aromatic rings. The number of thioether (sulfide) groups is 1. The van der Waals surface area contributed by atoms with E-state index >= 15 is 0 Å². The van der Waals surface area contributed by atoms with Gasteiger partial charge in [0.05, 0.1) is 0 Å². The smallest absolute Gasteiger partial charge is 0.271 e. The van der Waals surface area contributed by atoms with Gasteiger partial charge in [0.25, 0.3) is 11.5 Å². The third kappa shape index (κ3) is 3.37. The highest BCUT2D eigenvalue weighted by Gasteiger charge is 2.16. The van der Waals surface area contributed by atoms with E-state index in [1.165, 1.54) is 21.9 Å². The number of nitrogens with one attached hydrogen (secondary N) is 1. The molecule has 5 nitrogen and oxygen atoms in total. The van der Waals surface area contributed by atoms with E-state index in [-0.39, 0.29) is 17.0 Å². The van der Waals surface area contributed by atoms with Crippen molar-refractivity contribution in [3.05, 3.63) is 63.0 Å². The van der Waals surface area contributed by atoms with Crippen molar-refractivity contribution in [3.63, 3.8) is 0 Å². The molecule has 124 valence electrons. The van der Waals surface area contributed by atoms with Gasteiger partial charge in [-0.25, -0.2) is 4.98 Å². The monoisotopic (exact) mass is 359 g/mol. The SMILES string of the molecule is Cc1sc2ncc(C(=O)NCCSc3ccccc3)c(=O)n2c1C. The molecule has 0 radical (unpaired) electrons. The number of hydrogen-bond donors (Lipinski definition) is 1. The first-order chi connectivity index (χ1) is 11.6. The van der Waals surface area contributed by atoms with Gasteiger partial charge in [0.2, 0.25) is 0 Å². The minimum Gasteiger partial charge on any atom is -0.351 e. The number of amides is 1. The van der Waals surface area contributed by atoms with Crippen LogP contribution < -0.4 is 10.9 Å². The van der Waals surface area contributed by atoms with Crippen LogP contribution in [0.3, 0.4) is 0 Å². The Labute approximate surface area is 147 Å².